The van der Waals surface area contributed by atoms with E-state index in [0.717, 1.165) is 25.0 Å². The quantitative estimate of drug-likeness (QED) is 0.469. The van der Waals surface area contributed by atoms with E-state index < -0.39 is 0 Å². The molecule has 0 unspecified atom stereocenters. The van der Waals surface area contributed by atoms with E-state index in [2.05, 4.69) is 25.4 Å². The molecule has 0 radical (unpaired) electrons. The van der Waals surface area contributed by atoms with Gasteiger partial charge in [0.2, 0.25) is 5.91 Å². The molecule has 0 saturated heterocycles. The van der Waals surface area contributed by atoms with E-state index in [1.54, 1.807) is 0 Å². The predicted octanol–water partition coefficient (Wildman–Crippen LogP) is 2.11. The Kier molecular flexibility index (Phi) is 8.62. The van der Waals surface area contributed by atoms with Crippen molar-refractivity contribution in [2.24, 2.45) is 11.7 Å². The average molecular weight is 228 g/mol. The van der Waals surface area contributed by atoms with Gasteiger partial charge in [-0.1, -0.05) is 26.3 Å². The van der Waals surface area contributed by atoms with E-state index in [4.69, 9.17) is 10.6 Å². The minimum absolute atomic E-state index is 0.227. The van der Waals surface area contributed by atoms with Gasteiger partial charge in [-0.2, -0.15) is 0 Å². The van der Waals surface area contributed by atoms with Crippen LogP contribution in [0.2, 0.25) is 0 Å². The highest BCUT2D eigenvalue weighted by molar-refractivity contribution is 5.73. The number of carbonyl (C=O) groups excluding carboxylic acids is 1. The number of carbonyl (C=O) groups is 1. The first kappa shape index (κ1) is 15.0. The fraction of sp³-hybridized carbons (Fsp3) is 0.750. The molecule has 1 amide bonds. The first-order valence-electron chi connectivity index (χ1n) is 5.87. The number of rotatable bonds is 9. The van der Waals surface area contributed by atoms with Crippen molar-refractivity contribution in [3.8, 4) is 0 Å². The summed E-state index contributed by atoms with van der Waals surface area (Å²) in [6.07, 6.45) is 5.33. The molecule has 0 rings (SSSR count). The summed E-state index contributed by atoms with van der Waals surface area (Å²) in [7, 11) is 0. The molecular formula is C12H24N2O2. The van der Waals surface area contributed by atoms with Crippen LogP contribution in [0.15, 0.2) is 11.8 Å². The standard InChI is InChI=1S/C12H24N2O2/c1-10(2)9-11(3)14-16-8-6-4-5-7-12(13)15/h9-10,14H,4-8H2,1-3H3,(H2,13,15)/b11-9+. The Morgan fingerprint density at radius 3 is 2.62 bits per heavy atom. The maximum absolute atomic E-state index is 10.5. The summed E-state index contributed by atoms with van der Waals surface area (Å²) in [5, 5.41) is 0. The molecule has 0 aliphatic rings. The van der Waals surface area contributed by atoms with Crippen molar-refractivity contribution in [3.63, 3.8) is 0 Å². The van der Waals surface area contributed by atoms with E-state index in [1.165, 1.54) is 0 Å². The average Bonchev–Trinajstić information content (AvgIpc) is 2.14. The number of primary amides is 1. The zero-order valence-corrected chi connectivity index (χ0v) is 10.6. The normalized spacial score (nSPS) is 11.9. The molecule has 3 N–H and O–H groups in total. The first-order chi connectivity index (χ1) is 7.52. The zero-order chi connectivity index (χ0) is 12.4. The number of unbranched alkanes of at least 4 members (excludes halogenated alkanes) is 2. The van der Waals surface area contributed by atoms with Crippen LogP contribution in [0, 0.1) is 5.92 Å². The fourth-order valence-corrected chi connectivity index (χ4v) is 1.35. The molecule has 0 saturated carbocycles. The first-order valence-corrected chi connectivity index (χ1v) is 5.87. The van der Waals surface area contributed by atoms with Crippen molar-refractivity contribution in [2.45, 2.75) is 46.5 Å². The number of amides is 1. The Labute approximate surface area is 98.2 Å². The van der Waals surface area contributed by atoms with Crippen molar-refractivity contribution >= 4 is 5.91 Å². The lowest BCUT2D eigenvalue weighted by molar-refractivity contribution is -0.118. The van der Waals surface area contributed by atoms with Gasteiger partial charge in [0.15, 0.2) is 0 Å². The zero-order valence-electron chi connectivity index (χ0n) is 10.6. The molecule has 4 heteroatoms. The molecule has 0 aromatic carbocycles. The Morgan fingerprint density at radius 2 is 2.06 bits per heavy atom. The van der Waals surface area contributed by atoms with E-state index in [9.17, 15) is 4.79 Å². The summed E-state index contributed by atoms with van der Waals surface area (Å²) in [6, 6.07) is 0. The maximum atomic E-state index is 10.5. The topological polar surface area (TPSA) is 64.3 Å². The van der Waals surface area contributed by atoms with Gasteiger partial charge < -0.3 is 5.73 Å². The molecule has 0 aliphatic carbocycles. The second-order valence-electron chi connectivity index (χ2n) is 4.32. The number of hydroxylamine groups is 1. The second kappa shape index (κ2) is 9.21. The van der Waals surface area contributed by atoms with Crippen LogP contribution in [0.25, 0.3) is 0 Å². The van der Waals surface area contributed by atoms with Crippen molar-refractivity contribution < 1.29 is 9.63 Å². The molecule has 0 spiro atoms. The number of nitrogens with one attached hydrogen (secondary N) is 1. The lowest BCUT2D eigenvalue weighted by Gasteiger charge is -2.08. The van der Waals surface area contributed by atoms with E-state index in [-0.39, 0.29) is 5.91 Å². The molecule has 4 nitrogen and oxygen atoms in total. The third-order valence-electron chi connectivity index (χ3n) is 1.99. The van der Waals surface area contributed by atoms with Gasteiger partial charge in [0.05, 0.1) is 6.61 Å². The van der Waals surface area contributed by atoms with Crippen LogP contribution in [-0.4, -0.2) is 12.5 Å². The highest BCUT2D eigenvalue weighted by Crippen LogP contribution is 2.01. The van der Waals surface area contributed by atoms with Gasteiger partial charge in [-0.05, 0) is 25.7 Å². The predicted molar refractivity (Wildman–Crippen MR) is 65.3 cm³/mol. The minimum atomic E-state index is -0.227. The third-order valence-corrected chi connectivity index (χ3v) is 1.99. The molecular weight excluding hydrogens is 204 g/mol. The molecule has 0 fully saturated rings. The van der Waals surface area contributed by atoms with Crippen LogP contribution in [0.3, 0.4) is 0 Å². The number of allylic oxidation sites excluding steroid dienone is 2. The number of nitrogens with two attached hydrogens (primary N) is 1. The van der Waals surface area contributed by atoms with E-state index in [0.29, 0.717) is 18.9 Å². The van der Waals surface area contributed by atoms with Gasteiger partial charge in [0, 0.05) is 12.1 Å². The van der Waals surface area contributed by atoms with Gasteiger partial charge in [-0.3, -0.25) is 15.1 Å². The summed E-state index contributed by atoms with van der Waals surface area (Å²) in [5.74, 6) is 0.293. The van der Waals surface area contributed by atoms with Gasteiger partial charge in [0.25, 0.3) is 0 Å². The SMILES string of the molecule is C/C(=C\C(C)C)NOCCCCCC(N)=O. The van der Waals surface area contributed by atoms with Crippen molar-refractivity contribution in [1.29, 1.82) is 0 Å². The summed E-state index contributed by atoms with van der Waals surface area (Å²) >= 11 is 0. The lowest BCUT2D eigenvalue weighted by atomic mass is 10.2. The van der Waals surface area contributed by atoms with Crippen LogP contribution in [-0.2, 0) is 9.63 Å². The molecule has 0 atom stereocenters. The van der Waals surface area contributed by atoms with Crippen LogP contribution >= 0.6 is 0 Å². The second-order valence-corrected chi connectivity index (χ2v) is 4.32. The van der Waals surface area contributed by atoms with Crippen LogP contribution in [0.5, 0.6) is 0 Å². The molecule has 0 aromatic heterocycles. The Balaban J connectivity index is 3.30. The number of hydrogen-bond donors (Lipinski definition) is 2. The van der Waals surface area contributed by atoms with Crippen molar-refractivity contribution in [1.82, 2.24) is 5.48 Å². The fourth-order valence-electron chi connectivity index (χ4n) is 1.35. The summed E-state index contributed by atoms with van der Waals surface area (Å²) < 4.78 is 0. The molecule has 0 bridgehead atoms. The molecule has 0 heterocycles. The van der Waals surface area contributed by atoms with Crippen molar-refractivity contribution in [3.05, 3.63) is 11.8 Å². The van der Waals surface area contributed by atoms with E-state index >= 15 is 0 Å². The summed E-state index contributed by atoms with van der Waals surface area (Å²) in [4.78, 5) is 15.7. The van der Waals surface area contributed by atoms with Gasteiger partial charge in [-0.15, -0.1) is 0 Å². The molecule has 94 valence electrons. The van der Waals surface area contributed by atoms with Gasteiger partial charge >= 0.3 is 0 Å². The van der Waals surface area contributed by atoms with Crippen LogP contribution in [0.4, 0.5) is 0 Å². The van der Waals surface area contributed by atoms with Crippen LogP contribution < -0.4 is 11.2 Å². The van der Waals surface area contributed by atoms with E-state index in [1.807, 2.05) is 6.92 Å². The Hall–Kier alpha value is -1.03. The van der Waals surface area contributed by atoms with Crippen molar-refractivity contribution in [2.75, 3.05) is 6.61 Å². The van der Waals surface area contributed by atoms with Crippen LogP contribution in [0.1, 0.15) is 46.5 Å². The summed E-state index contributed by atoms with van der Waals surface area (Å²) in [6.45, 7) is 6.87. The van der Waals surface area contributed by atoms with Gasteiger partial charge in [0.1, 0.15) is 0 Å². The smallest absolute Gasteiger partial charge is 0.217 e. The number of hydrogen-bond acceptors (Lipinski definition) is 3. The Morgan fingerprint density at radius 1 is 1.38 bits per heavy atom. The summed E-state index contributed by atoms with van der Waals surface area (Å²) in [5.41, 5.74) is 8.95. The molecule has 0 aromatic rings. The largest absolute Gasteiger partial charge is 0.370 e. The monoisotopic (exact) mass is 228 g/mol. The molecule has 16 heavy (non-hydrogen) atoms. The highest BCUT2D eigenvalue weighted by Gasteiger charge is 1.95. The molecule has 0 aliphatic heterocycles. The Bertz CT molecular complexity index is 225. The lowest BCUT2D eigenvalue weighted by Crippen LogP contribution is -2.14. The van der Waals surface area contributed by atoms with Gasteiger partial charge in [-0.25, -0.2) is 0 Å². The minimum Gasteiger partial charge on any atom is -0.370 e. The third kappa shape index (κ3) is 11.0. The highest BCUT2D eigenvalue weighted by atomic mass is 16.6. The maximum Gasteiger partial charge on any atom is 0.217 e.